The molecule has 0 amide bonds. The van der Waals surface area contributed by atoms with Crippen molar-refractivity contribution in [1.29, 1.82) is 0 Å². The first-order chi connectivity index (χ1) is 10.3. The van der Waals surface area contributed by atoms with Crippen LogP contribution in [0.4, 0.5) is 0 Å². The van der Waals surface area contributed by atoms with Crippen molar-refractivity contribution in [2.24, 2.45) is 0 Å². The number of phenols is 1. The maximum absolute atomic E-state index is 10.0. The van der Waals surface area contributed by atoms with E-state index in [0.29, 0.717) is 5.75 Å². The van der Waals surface area contributed by atoms with Crippen molar-refractivity contribution < 1.29 is 5.11 Å². The molecule has 0 saturated heterocycles. The van der Waals surface area contributed by atoms with E-state index in [1.54, 1.807) is 17.8 Å². The molecule has 3 aromatic carbocycles. The summed E-state index contributed by atoms with van der Waals surface area (Å²) in [6, 6.07) is 26.3. The average molecular weight is 292 g/mol. The Hall–Kier alpha value is -2.19. The second-order valence-corrected chi connectivity index (χ2v) is 5.84. The van der Waals surface area contributed by atoms with E-state index >= 15 is 0 Å². The van der Waals surface area contributed by atoms with Crippen molar-refractivity contribution in [3.63, 3.8) is 0 Å². The standard InChI is InChI=1S/C19H16OS/c20-18-12-11-17(16-9-5-2-6-10-16)13-19(18)21-14-15-7-3-1-4-8-15/h1-13,20H,14H2. The zero-order chi connectivity index (χ0) is 14.5. The first kappa shape index (κ1) is 13.8. The van der Waals surface area contributed by atoms with Gasteiger partial charge in [-0.15, -0.1) is 11.8 Å². The second-order valence-electron chi connectivity index (χ2n) is 4.82. The summed E-state index contributed by atoms with van der Waals surface area (Å²) in [7, 11) is 0. The summed E-state index contributed by atoms with van der Waals surface area (Å²) in [4.78, 5) is 0.917. The summed E-state index contributed by atoms with van der Waals surface area (Å²) in [6.45, 7) is 0. The highest BCUT2D eigenvalue weighted by Gasteiger charge is 2.05. The molecule has 0 aromatic heterocycles. The fourth-order valence-electron chi connectivity index (χ4n) is 2.18. The number of hydrogen-bond donors (Lipinski definition) is 1. The Labute approximate surface area is 129 Å². The fourth-order valence-corrected chi connectivity index (χ4v) is 3.12. The highest BCUT2D eigenvalue weighted by Crippen LogP contribution is 2.34. The van der Waals surface area contributed by atoms with Gasteiger partial charge in [0.15, 0.2) is 0 Å². The molecule has 0 aliphatic rings. The molecule has 2 heteroatoms. The predicted octanol–water partition coefficient (Wildman–Crippen LogP) is 5.35. The van der Waals surface area contributed by atoms with E-state index in [1.165, 1.54) is 11.1 Å². The number of thioether (sulfide) groups is 1. The summed E-state index contributed by atoms with van der Waals surface area (Å²) < 4.78 is 0. The van der Waals surface area contributed by atoms with Gasteiger partial charge in [0.1, 0.15) is 5.75 Å². The van der Waals surface area contributed by atoms with Crippen molar-refractivity contribution >= 4 is 11.8 Å². The molecule has 104 valence electrons. The van der Waals surface area contributed by atoms with Crippen LogP contribution in [0.3, 0.4) is 0 Å². The van der Waals surface area contributed by atoms with Gasteiger partial charge in [-0.3, -0.25) is 0 Å². The van der Waals surface area contributed by atoms with Gasteiger partial charge in [0, 0.05) is 5.75 Å². The minimum atomic E-state index is 0.343. The van der Waals surface area contributed by atoms with Gasteiger partial charge < -0.3 is 5.11 Å². The normalized spacial score (nSPS) is 10.5. The summed E-state index contributed by atoms with van der Waals surface area (Å²) >= 11 is 1.66. The van der Waals surface area contributed by atoms with Crippen LogP contribution in [0.25, 0.3) is 11.1 Å². The monoisotopic (exact) mass is 292 g/mol. The number of rotatable bonds is 4. The number of benzene rings is 3. The van der Waals surface area contributed by atoms with E-state index in [9.17, 15) is 5.11 Å². The van der Waals surface area contributed by atoms with Crippen LogP contribution in [0.5, 0.6) is 5.75 Å². The van der Waals surface area contributed by atoms with Crippen LogP contribution in [0.1, 0.15) is 5.56 Å². The maximum atomic E-state index is 10.0. The third-order valence-corrected chi connectivity index (χ3v) is 4.42. The lowest BCUT2D eigenvalue weighted by atomic mass is 10.1. The van der Waals surface area contributed by atoms with Gasteiger partial charge in [-0.2, -0.15) is 0 Å². The van der Waals surface area contributed by atoms with Crippen molar-refractivity contribution in [3.8, 4) is 16.9 Å². The first-order valence-corrected chi connectivity index (χ1v) is 7.86. The van der Waals surface area contributed by atoms with Crippen molar-refractivity contribution in [1.82, 2.24) is 0 Å². The molecule has 0 fully saturated rings. The topological polar surface area (TPSA) is 20.2 Å². The van der Waals surface area contributed by atoms with Crippen LogP contribution in [0.15, 0.2) is 83.8 Å². The van der Waals surface area contributed by atoms with E-state index in [0.717, 1.165) is 16.2 Å². The van der Waals surface area contributed by atoms with Crippen molar-refractivity contribution in [2.75, 3.05) is 0 Å². The van der Waals surface area contributed by atoms with Gasteiger partial charge >= 0.3 is 0 Å². The van der Waals surface area contributed by atoms with Gasteiger partial charge in [0.2, 0.25) is 0 Å². The predicted molar refractivity (Wildman–Crippen MR) is 89.5 cm³/mol. The molecule has 0 saturated carbocycles. The largest absolute Gasteiger partial charge is 0.507 e. The van der Waals surface area contributed by atoms with Crippen LogP contribution in [0.2, 0.25) is 0 Å². The van der Waals surface area contributed by atoms with Crippen molar-refractivity contribution in [3.05, 3.63) is 84.4 Å². The average Bonchev–Trinajstić information content (AvgIpc) is 2.56. The van der Waals surface area contributed by atoms with E-state index in [1.807, 2.05) is 42.5 Å². The molecule has 0 spiro atoms. The molecule has 3 aromatic rings. The van der Waals surface area contributed by atoms with Gasteiger partial charge in [0.05, 0.1) is 4.90 Å². The maximum Gasteiger partial charge on any atom is 0.129 e. The van der Waals surface area contributed by atoms with Crippen LogP contribution in [0, 0.1) is 0 Å². The smallest absolute Gasteiger partial charge is 0.129 e. The Bertz CT molecular complexity index is 708. The molecule has 0 unspecified atom stereocenters. The number of aromatic hydroxyl groups is 1. The molecule has 0 bridgehead atoms. The van der Waals surface area contributed by atoms with E-state index < -0.39 is 0 Å². The van der Waals surface area contributed by atoms with Crippen LogP contribution in [-0.4, -0.2) is 5.11 Å². The quantitative estimate of drug-likeness (QED) is 0.654. The third-order valence-electron chi connectivity index (χ3n) is 3.30. The van der Waals surface area contributed by atoms with Gasteiger partial charge in [-0.05, 0) is 28.8 Å². The minimum Gasteiger partial charge on any atom is -0.507 e. The van der Waals surface area contributed by atoms with Gasteiger partial charge in [-0.1, -0.05) is 66.7 Å². The lowest BCUT2D eigenvalue weighted by Gasteiger charge is -2.08. The zero-order valence-corrected chi connectivity index (χ0v) is 12.4. The SMILES string of the molecule is Oc1ccc(-c2ccccc2)cc1SCc1ccccc1. The molecular formula is C19H16OS. The Morgan fingerprint density at radius 1 is 0.714 bits per heavy atom. The molecule has 0 aliphatic carbocycles. The molecule has 21 heavy (non-hydrogen) atoms. The Morgan fingerprint density at radius 2 is 1.38 bits per heavy atom. The van der Waals surface area contributed by atoms with Gasteiger partial charge in [0.25, 0.3) is 0 Å². The minimum absolute atomic E-state index is 0.343. The third kappa shape index (κ3) is 3.47. The van der Waals surface area contributed by atoms with E-state index in [4.69, 9.17) is 0 Å². The molecule has 3 rings (SSSR count). The molecule has 1 N–H and O–H groups in total. The first-order valence-electron chi connectivity index (χ1n) is 6.88. The Kier molecular flexibility index (Phi) is 4.27. The summed E-state index contributed by atoms with van der Waals surface area (Å²) in [5.41, 5.74) is 3.55. The molecule has 1 nitrogen and oxygen atoms in total. The second kappa shape index (κ2) is 6.51. The lowest BCUT2D eigenvalue weighted by molar-refractivity contribution is 0.462. The molecular weight excluding hydrogens is 276 g/mol. The number of hydrogen-bond acceptors (Lipinski definition) is 2. The number of phenolic OH excluding ortho intramolecular Hbond substituents is 1. The molecule has 0 heterocycles. The molecule has 0 aliphatic heterocycles. The zero-order valence-electron chi connectivity index (χ0n) is 11.6. The fraction of sp³-hybridized carbons (Fsp3) is 0.0526. The van der Waals surface area contributed by atoms with E-state index in [-0.39, 0.29) is 0 Å². The summed E-state index contributed by atoms with van der Waals surface area (Å²) in [5, 5.41) is 10.0. The summed E-state index contributed by atoms with van der Waals surface area (Å²) in [6.07, 6.45) is 0. The molecule has 0 atom stereocenters. The van der Waals surface area contributed by atoms with Crippen LogP contribution >= 0.6 is 11.8 Å². The lowest BCUT2D eigenvalue weighted by Crippen LogP contribution is -1.83. The highest BCUT2D eigenvalue weighted by atomic mass is 32.2. The molecule has 0 radical (unpaired) electrons. The van der Waals surface area contributed by atoms with Gasteiger partial charge in [-0.25, -0.2) is 0 Å². The summed E-state index contributed by atoms with van der Waals surface area (Å²) in [5.74, 6) is 1.20. The van der Waals surface area contributed by atoms with Crippen LogP contribution in [-0.2, 0) is 5.75 Å². The Balaban J connectivity index is 1.82. The Morgan fingerprint density at radius 3 is 2.10 bits per heavy atom. The van der Waals surface area contributed by atoms with Crippen molar-refractivity contribution in [2.45, 2.75) is 10.6 Å². The highest BCUT2D eigenvalue weighted by molar-refractivity contribution is 7.98. The van der Waals surface area contributed by atoms with Crippen LogP contribution < -0.4 is 0 Å². The van der Waals surface area contributed by atoms with E-state index in [2.05, 4.69) is 30.3 Å².